The van der Waals surface area contributed by atoms with Crippen molar-refractivity contribution in [2.75, 3.05) is 21.3 Å². The summed E-state index contributed by atoms with van der Waals surface area (Å²) in [5.74, 6) is -1.35. The molecule has 176 valence electrons. The second-order valence-corrected chi connectivity index (χ2v) is 7.14. The summed E-state index contributed by atoms with van der Waals surface area (Å²) in [6.07, 6.45) is 0. The van der Waals surface area contributed by atoms with Crippen molar-refractivity contribution in [2.24, 2.45) is 0 Å². The number of ketones is 1. The van der Waals surface area contributed by atoms with E-state index in [1.165, 1.54) is 33.5 Å². The number of esters is 1. The number of carbonyl (C=O) groups is 3. The van der Waals surface area contributed by atoms with Crippen LogP contribution in [0.5, 0.6) is 17.2 Å². The third-order valence-corrected chi connectivity index (χ3v) is 4.98. The molecule has 3 aromatic rings. The van der Waals surface area contributed by atoms with E-state index in [2.05, 4.69) is 5.32 Å². The SMILES string of the molecule is COc1cc(C(=O)NC(C(=O)OCc2ccccc2)C(=O)c2ccccc2)cc(OC)c1OC. The highest BCUT2D eigenvalue weighted by atomic mass is 16.5. The Morgan fingerprint density at radius 2 is 1.32 bits per heavy atom. The van der Waals surface area contributed by atoms with E-state index in [0.29, 0.717) is 5.75 Å². The number of amides is 1. The van der Waals surface area contributed by atoms with Gasteiger partial charge in [0.25, 0.3) is 5.91 Å². The van der Waals surface area contributed by atoms with E-state index in [1.807, 2.05) is 18.2 Å². The minimum atomic E-state index is -1.56. The molecule has 1 unspecified atom stereocenters. The van der Waals surface area contributed by atoms with Crippen LogP contribution in [0.25, 0.3) is 0 Å². The zero-order valence-electron chi connectivity index (χ0n) is 19.1. The van der Waals surface area contributed by atoms with Gasteiger partial charge in [-0.1, -0.05) is 60.7 Å². The lowest BCUT2D eigenvalue weighted by Crippen LogP contribution is -2.47. The summed E-state index contributed by atoms with van der Waals surface area (Å²) < 4.78 is 21.2. The van der Waals surface area contributed by atoms with Crippen molar-refractivity contribution >= 4 is 17.7 Å². The highest BCUT2D eigenvalue weighted by Crippen LogP contribution is 2.38. The second-order valence-electron chi connectivity index (χ2n) is 7.14. The minimum Gasteiger partial charge on any atom is -0.493 e. The number of nitrogens with one attached hydrogen (secondary N) is 1. The average Bonchev–Trinajstić information content (AvgIpc) is 2.89. The van der Waals surface area contributed by atoms with Crippen molar-refractivity contribution in [2.45, 2.75) is 12.6 Å². The van der Waals surface area contributed by atoms with Crippen LogP contribution in [0.2, 0.25) is 0 Å². The fourth-order valence-corrected chi connectivity index (χ4v) is 3.24. The predicted molar refractivity (Wildman–Crippen MR) is 124 cm³/mol. The van der Waals surface area contributed by atoms with E-state index in [1.54, 1.807) is 42.5 Å². The van der Waals surface area contributed by atoms with Crippen molar-refractivity contribution in [3.63, 3.8) is 0 Å². The molecular weight excluding hydrogens is 438 g/mol. The molecule has 8 heteroatoms. The maximum absolute atomic E-state index is 13.1. The van der Waals surface area contributed by atoms with Crippen molar-refractivity contribution in [1.29, 1.82) is 0 Å². The number of ether oxygens (including phenoxy) is 4. The number of methoxy groups -OCH3 is 3. The summed E-state index contributed by atoms with van der Waals surface area (Å²) in [5.41, 5.74) is 1.11. The largest absolute Gasteiger partial charge is 0.493 e. The van der Waals surface area contributed by atoms with Gasteiger partial charge in [0.2, 0.25) is 5.75 Å². The predicted octanol–water partition coefficient (Wildman–Crippen LogP) is 3.44. The van der Waals surface area contributed by atoms with Crippen LogP contribution in [0.3, 0.4) is 0 Å². The zero-order valence-corrected chi connectivity index (χ0v) is 19.1. The minimum absolute atomic E-state index is 0.0434. The molecule has 1 atom stereocenters. The molecule has 0 saturated carbocycles. The van der Waals surface area contributed by atoms with E-state index in [9.17, 15) is 14.4 Å². The van der Waals surface area contributed by atoms with E-state index in [-0.39, 0.29) is 29.2 Å². The molecule has 0 saturated heterocycles. The van der Waals surface area contributed by atoms with Crippen LogP contribution in [0.4, 0.5) is 0 Å². The lowest BCUT2D eigenvalue weighted by Gasteiger charge is -2.18. The van der Waals surface area contributed by atoms with E-state index < -0.39 is 23.7 Å². The fraction of sp³-hybridized carbons (Fsp3) is 0.192. The third-order valence-electron chi connectivity index (χ3n) is 4.98. The Labute approximate surface area is 197 Å². The molecule has 0 spiro atoms. The maximum atomic E-state index is 13.1. The molecule has 0 radical (unpaired) electrons. The molecule has 0 aromatic heterocycles. The van der Waals surface area contributed by atoms with Crippen molar-refractivity contribution in [3.8, 4) is 17.2 Å². The van der Waals surface area contributed by atoms with Gasteiger partial charge in [0, 0.05) is 11.1 Å². The number of Topliss-reactive ketones (excluding diaryl/α,β-unsaturated/α-hetero) is 1. The quantitative estimate of drug-likeness (QED) is 0.279. The third kappa shape index (κ3) is 5.72. The number of hydrogen-bond donors (Lipinski definition) is 1. The molecular formula is C26H25NO7. The molecule has 34 heavy (non-hydrogen) atoms. The first-order valence-electron chi connectivity index (χ1n) is 10.4. The lowest BCUT2D eigenvalue weighted by molar-refractivity contribution is -0.145. The lowest BCUT2D eigenvalue weighted by atomic mass is 10.0. The summed E-state index contributed by atoms with van der Waals surface area (Å²) in [7, 11) is 4.28. The van der Waals surface area contributed by atoms with Gasteiger partial charge in [-0.2, -0.15) is 0 Å². The van der Waals surface area contributed by atoms with Crippen LogP contribution in [0.15, 0.2) is 72.8 Å². The standard InChI is InChI=1S/C26H25NO7/c1-31-20-14-19(15-21(32-2)24(20)33-3)25(29)27-22(23(28)18-12-8-5-9-13-18)26(30)34-16-17-10-6-4-7-11-17/h4-15,22H,16H2,1-3H3,(H,27,29). The van der Waals surface area contributed by atoms with Gasteiger partial charge in [-0.05, 0) is 17.7 Å². The molecule has 0 bridgehead atoms. The van der Waals surface area contributed by atoms with Crippen LogP contribution in [-0.4, -0.2) is 45.0 Å². The highest BCUT2D eigenvalue weighted by molar-refractivity contribution is 6.15. The molecule has 3 aromatic carbocycles. The Hall–Kier alpha value is -4.33. The molecule has 1 amide bonds. The maximum Gasteiger partial charge on any atom is 0.337 e. The van der Waals surface area contributed by atoms with Gasteiger partial charge in [0.1, 0.15) is 6.61 Å². The topological polar surface area (TPSA) is 100 Å². The van der Waals surface area contributed by atoms with Gasteiger partial charge >= 0.3 is 5.97 Å². The van der Waals surface area contributed by atoms with Crippen molar-refractivity contribution in [3.05, 3.63) is 89.5 Å². The van der Waals surface area contributed by atoms with Gasteiger partial charge < -0.3 is 24.3 Å². The highest BCUT2D eigenvalue weighted by Gasteiger charge is 2.32. The zero-order chi connectivity index (χ0) is 24.5. The molecule has 1 N–H and O–H groups in total. The van der Waals surface area contributed by atoms with Crippen LogP contribution < -0.4 is 19.5 Å². The first-order chi connectivity index (χ1) is 16.5. The van der Waals surface area contributed by atoms with E-state index >= 15 is 0 Å². The smallest absolute Gasteiger partial charge is 0.337 e. The Kier molecular flexibility index (Phi) is 8.23. The fourth-order valence-electron chi connectivity index (χ4n) is 3.24. The van der Waals surface area contributed by atoms with Gasteiger partial charge in [-0.3, -0.25) is 9.59 Å². The Morgan fingerprint density at radius 3 is 1.85 bits per heavy atom. The van der Waals surface area contributed by atoms with Gasteiger partial charge in [-0.15, -0.1) is 0 Å². The van der Waals surface area contributed by atoms with Gasteiger partial charge in [0.15, 0.2) is 23.3 Å². The summed E-state index contributed by atoms with van der Waals surface area (Å²) >= 11 is 0. The Morgan fingerprint density at radius 1 is 0.765 bits per heavy atom. The first-order valence-corrected chi connectivity index (χ1v) is 10.4. The Balaban J connectivity index is 1.88. The van der Waals surface area contributed by atoms with Crippen LogP contribution in [0.1, 0.15) is 26.3 Å². The van der Waals surface area contributed by atoms with Gasteiger partial charge in [-0.25, -0.2) is 4.79 Å². The number of carbonyl (C=O) groups excluding carboxylic acids is 3. The van der Waals surface area contributed by atoms with Crippen molar-refractivity contribution in [1.82, 2.24) is 5.32 Å². The van der Waals surface area contributed by atoms with Crippen molar-refractivity contribution < 1.29 is 33.3 Å². The van der Waals surface area contributed by atoms with Crippen LogP contribution >= 0.6 is 0 Å². The monoisotopic (exact) mass is 463 g/mol. The average molecular weight is 463 g/mol. The van der Waals surface area contributed by atoms with E-state index in [0.717, 1.165) is 5.56 Å². The molecule has 3 rings (SSSR count). The molecule has 8 nitrogen and oxygen atoms in total. The van der Waals surface area contributed by atoms with Gasteiger partial charge in [0.05, 0.1) is 21.3 Å². The number of benzene rings is 3. The Bertz CT molecular complexity index is 1120. The normalized spacial score (nSPS) is 11.1. The first kappa shape index (κ1) is 24.3. The molecule has 0 aliphatic carbocycles. The summed E-state index contributed by atoms with van der Waals surface area (Å²) in [6.45, 7) is -0.0434. The molecule has 0 aliphatic rings. The second kappa shape index (κ2) is 11.5. The van der Waals surface area contributed by atoms with E-state index in [4.69, 9.17) is 18.9 Å². The van der Waals surface area contributed by atoms with Crippen LogP contribution in [-0.2, 0) is 16.1 Å². The number of rotatable bonds is 10. The molecule has 0 heterocycles. The summed E-state index contributed by atoms with van der Waals surface area (Å²) in [6, 6.07) is 18.5. The summed E-state index contributed by atoms with van der Waals surface area (Å²) in [5, 5.41) is 2.49. The molecule has 0 aliphatic heterocycles. The van der Waals surface area contributed by atoms with Crippen LogP contribution in [0, 0.1) is 0 Å². The number of hydrogen-bond acceptors (Lipinski definition) is 7. The summed E-state index contributed by atoms with van der Waals surface area (Å²) in [4.78, 5) is 39.1. The molecule has 0 fully saturated rings.